The molecule has 240 valence electrons. The van der Waals surface area contributed by atoms with Crippen LogP contribution in [0.4, 0.5) is 11.4 Å². The largest absolute Gasteiger partial charge is 0.367 e. The van der Waals surface area contributed by atoms with Crippen LogP contribution in [-0.4, -0.2) is 23.2 Å². The Morgan fingerprint density at radius 3 is 1.25 bits per heavy atom. The van der Waals surface area contributed by atoms with Crippen molar-refractivity contribution in [1.82, 2.24) is 10.6 Å². The van der Waals surface area contributed by atoms with E-state index in [2.05, 4.69) is 196 Å². The minimum atomic E-state index is -0.941. The second kappa shape index (κ2) is 16.0. The third kappa shape index (κ3) is 8.26. The average molecular weight is 665 g/mol. The SMILES string of the molecule is CC(C)N/C(=N/c1cc(/N=C(\NC(C)C)P(c2ccccc2)c2ccccc2)c2ccccc2c1)P(c1ccccc1)c1ccccc1. The molecule has 6 rings (SSSR count). The van der Waals surface area contributed by atoms with Crippen LogP contribution in [0.5, 0.6) is 0 Å². The van der Waals surface area contributed by atoms with E-state index < -0.39 is 15.8 Å². The maximum atomic E-state index is 5.52. The van der Waals surface area contributed by atoms with Gasteiger partial charge in [-0.05, 0) is 66.4 Å². The Labute approximate surface area is 287 Å². The highest BCUT2D eigenvalue weighted by Gasteiger charge is 2.24. The second-order valence-corrected chi connectivity index (χ2v) is 16.4. The lowest BCUT2D eigenvalue weighted by Crippen LogP contribution is -2.34. The Balaban J connectivity index is 1.56. The summed E-state index contributed by atoms with van der Waals surface area (Å²) in [6.45, 7) is 8.71. The lowest BCUT2D eigenvalue weighted by atomic mass is 10.1. The summed E-state index contributed by atoms with van der Waals surface area (Å²) in [7, 11) is -1.87. The number of rotatable bonds is 10. The summed E-state index contributed by atoms with van der Waals surface area (Å²) in [6.07, 6.45) is 0. The van der Waals surface area contributed by atoms with Crippen LogP contribution < -0.4 is 31.9 Å². The highest BCUT2D eigenvalue weighted by atomic mass is 31.1. The number of hydrogen-bond acceptors (Lipinski definition) is 2. The summed E-state index contributed by atoms with van der Waals surface area (Å²) in [5, 5.41) is 14.8. The molecule has 2 N–H and O–H groups in total. The van der Waals surface area contributed by atoms with Gasteiger partial charge in [-0.1, -0.05) is 146 Å². The molecule has 0 aliphatic carbocycles. The van der Waals surface area contributed by atoms with Gasteiger partial charge in [0.15, 0.2) is 0 Å². The first-order chi connectivity index (χ1) is 23.5. The lowest BCUT2D eigenvalue weighted by molar-refractivity contribution is 0.740. The first kappa shape index (κ1) is 33.3. The molecule has 0 atom stereocenters. The van der Waals surface area contributed by atoms with Crippen molar-refractivity contribution < 1.29 is 0 Å². The van der Waals surface area contributed by atoms with Gasteiger partial charge in [-0.2, -0.15) is 0 Å². The third-order valence-electron chi connectivity index (χ3n) is 7.60. The second-order valence-electron chi connectivity index (χ2n) is 12.2. The standard InChI is InChI=1S/C42H42N4P2/c1-31(2)43-41(47(35-20-9-5-10-21-35)36-22-11-6-12-23-36)45-34-29-33-19-17-18-28-39(33)40(30-34)46-42(44-32(3)4)48(37-24-13-7-14-25-37)38-26-15-8-16-27-38/h5-32H,1-4H3,(H,43,45)(H,44,46). The van der Waals surface area contributed by atoms with Crippen molar-refractivity contribution in [2.24, 2.45) is 9.98 Å². The zero-order valence-electron chi connectivity index (χ0n) is 28.0. The molecule has 0 bridgehead atoms. The first-order valence-electron chi connectivity index (χ1n) is 16.5. The van der Waals surface area contributed by atoms with Gasteiger partial charge in [-0.25, -0.2) is 9.98 Å². The van der Waals surface area contributed by atoms with Gasteiger partial charge in [-0.15, -0.1) is 0 Å². The third-order valence-corrected chi connectivity index (χ3v) is 12.2. The van der Waals surface area contributed by atoms with Crippen LogP contribution in [-0.2, 0) is 0 Å². The number of nitrogens with one attached hydrogen (secondary N) is 2. The molecule has 0 radical (unpaired) electrons. The van der Waals surface area contributed by atoms with Crippen molar-refractivity contribution in [3.05, 3.63) is 158 Å². The molecule has 0 aromatic heterocycles. The quantitative estimate of drug-likeness (QED) is 0.0872. The fourth-order valence-corrected chi connectivity index (χ4v) is 10.2. The topological polar surface area (TPSA) is 48.8 Å². The maximum absolute atomic E-state index is 5.52. The molecule has 0 spiro atoms. The van der Waals surface area contributed by atoms with Crippen LogP contribution in [0.2, 0.25) is 0 Å². The van der Waals surface area contributed by atoms with Crippen LogP contribution in [0.25, 0.3) is 10.8 Å². The summed E-state index contributed by atoms with van der Waals surface area (Å²) < 4.78 is 0. The fraction of sp³-hybridized carbons (Fsp3) is 0.143. The number of aliphatic imine (C=N–C) groups is 2. The summed E-state index contributed by atoms with van der Waals surface area (Å²) >= 11 is 0. The van der Waals surface area contributed by atoms with Crippen LogP contribution >= 0.6 is 15.8 Å². The molecule has 0 saturated heterocycles. The molecule has 48 heavy (non-hydrogen) atoms. The summed E-state index contributed by atoms with van der Waals surface area (Å²) in [5.74, 6) is 0. The van der Waals surface area contributed by atoms with E-state index >= 15 is 0 Å². The highest BCUT2D eigenvalue weighted by Crippen LogP contribution is 2.41. The average Bonchev–Trinajstić information content (AvgIpc) is 3.10. The van der Waals surface area contributed by atoms with E-state index in [1.165, 1.54) is 21.2 Å². The van der Waals surface area contributed by atoms with E-state index in [1.807, 2.05) is 0 Å². The summed E-state index contributed by atoms with van der Waals surface area (Å²) in [4.78, 5) is 11.0. The van der Waals surface area contributed by atoms with E-state index in [1.54, 1.807) is 0 Å². The Hall–Kier alpha value is -4.62. The van der Waals surface area contributed by atoms with Gasteiger partial charge in [0.25, 0.3) is 0 Å². The molecule has 6 aromatic rings. The van der Waals surface area contributed by atoms with Crippen molar-refractivity contribution in [2.45, 2.75) is 39.8 Å². The number of hydrogen-bond donors (Lipinski definition) is 2. The smallest absolute Gasteiger partial charge is 0.134 e. The van der Waals surface area contributed by atoms with Crippen molar-refractivity contribution in [2.75, 3.05) is 0 Å². The van der Waals surface area contributed by atoms with Gasteiger partial charge >= 0.3 is 0 Å². The minimum absolute atomic E-state index is 0.204. The lowest BCUT2D eigenvalue weighted by Gasteiger charge is -2.24. The van der Waals surface area contributed by atoms with Gasteiger partial charge in [-0.3, -0.25) is 0 Å². The predicted octanol–water partition coefficient (Wildman–Crippen LogP) is 9.08. The molecule has 0 heterocycles. The van der Waals surface area contributed by atoms with Gasteiger partial charge in [0.2, 0.25) is 0 Å². The van der Waals surface area contributed by atoms with E-state index in [4.69, 9.17) is 9.98 Å². The molecule has 0 saturated carbocycles. The van der Waals surface area contributed by atoms with Crippen LogP contribution in [0.3, 0.4) is 0 Å². The molecule has 0 unspecified atom stereocenters. The van der Waals surface area contributed by atoms with Crippen molar-refractivity contribution >= 4 is 70.4 Å². The normalized spacial score (nSPS) is 12.3. The monoisotopic (exact) mass is 664 g/mol. The van der Waals surface area contributed by atoms with Crippen molar-refractivity contribution in [3.63, 3.8) is 0 Å². The molecule has 6 heteroatoms. The van der Waals surface area contributed by atoms with Crippen molar-refractivity contribution in [1.29, 1.82) is 0 Å². The first-order valence-corrected chi connectivity index (χ1v) is 19.2. The molecular weight excluding hydrogens is 622 g/mol. The van der Waals surface area contributed by atoms with E-state index in [9.17, 15) is 0 Å². The van der Waals surface area contributed by atoms with Crippen LogP contribution in [0.15, 0.2) is 168 Å². The van der Waals surface area contributed by atoms with Crippen molar-refractivity contribution in [3.8, 4) is 0 Å². The van der Waals surface area contributed by atoms with Crippen LogP contribution in [0, 0.1) is 0 Å². The number of amidine groups is 2. The zero-order chi connectivity index (χ0) is 33.3. The Kier molecular flexibility index (Phi) is 11.1. The maximum Gasteiger partial charge on any atom is 0.134 e. The molecule has 6 aromatic carbocycles. The van der Waals surface area contributed by atoms with Gasteiger partial charge in [0.05, 0.1) is 11.4 Å². The van der Waals surface area contributed by atoms with Gasteiger partial charge in [0.1, 0.15) is 11.2 Å². The highest BCUT2D eigenvalue weighted by molar-refractivity contribution is 7.88. The Bertz CT molecular complexity index is 1900. The molecule has 0 fully saturated rings. The fourth-order valence-electron chi connectivity index (χ4n) is 5.57. The molecule has 0 aliphatic heterocycles. The Morgan fingerprint density at radius 2 is 0.833 bits per heavy atom. The van der Waals surface area contributed by atoms with Crippen LogP contribution in [0.1, 0.15) is 27.7 Å². The summed E-state index contributed by atoms with van der Waals surface area (Å²) in [6, 6.07) is 56.2. The van der Waals surface area contributed by atoms with Gasteiger partial charge in [0, 0.05) is 33.3 Å². The number of fused-ring (bicyclic) bond motifs is 1. The summed E-state index contributed by atoms with van der Waals surface area (Å²) in [5.41, 5.74) is 3.73. The molecule has 4 nitrogen and oxygen atoms in total. The molecular formula is C42H42N4P2. The van der Waals surface area contributed by atoms with E-state index in [0.29, 0.717) is 0 Å². The number of benzene rings is 6. The predicted molar refractivity (Wildman–Crippen MR) is 213 cm³/mol. The Morgan fingerprint density at radius 1 is 0.458 bits per heavy atom. The van der Waals surface area contributed by atoms with E-state index in [-0.39, 0.29) is 12.1 Å². The molecule has 0 amide bonds. The zero-order valence-corrected chi connectivity index (χ0v) is 29.7. The minimum Gasteiger partial charge on any atom is -0.367 e. The van der Waals surface area contributed by atoms with E-state index in [0.717, 1.165) is 33.3 Å². The van der Waals surface area contributed by atoms with Gasteiger partial charge < -0.3 is 10.6 Å². The molecule has 0 aliphatic rings. The number of nitrogens with zero attached hydrogens (tertiary/aromatic N) is 2.